The lowest BCUT2D eigenvalue weighted by atomic mass is 9.95. The topological polar surface area (TPSA) is 119 Å². The van der Waals surface area contributed by atoms with E-state index in [-0.39, 0.29) is 38.0 Å². The zero-order valence-corrected chi connectivity index (χ0v) is 23.1. The van der Waals surface area contributed by atoms with Crippen molar-refractivity contribution < 1.29 is 33.4 Å². The lowest BCUT2D eigenvalue weighted by Crippen LogP contribution is -2.31. The van der Waals surface area contributed by atoms with E-state index in [0.29, 0.717) is 28.0 Å². The number of furan rings is 1. The molecule has 39 heavy (non-hydrogen) atoms. The number of carbonyl (C=O) groups is 3. The smallest absolute Gasteiger partial charge is 0.350 e. The van der Waals surface area contributed by atoms with Gasteiger partial charge in [0.1, 0.15) is 4.88 Å². The van der Waals surface area contributed by atoms with Crippen molar-refractivity contribution in [3.05, 3.63) is 85.7 Å². The highest BCUT2D eigenvalue weighted by molar-refractivity contribution is 7.17. The van der Waals surface area contributed by atoms with E-state index in [1.165, 1.54) is 25.3 Å². The molecule has 1 aliphatic rings. The zero-order chi connectivity index (χ0) is 28.0. The summed E-state index contributed by atoms with van der Waals surface area (Å²) < 4.78 is 16.2. The molecule has 0 bridgehead atoms. The number of nitrogens with zero attached hydrogens (tertiary/aromatic N) is 2. The molecule has 0 saturated carbocycles. The van der Waals surface area contributed by atoms with Crippen LogP contribution in [-0.4, -0.2) is 41.5 Å². The molecule has 4 aromatic rings. The second kappa shape index (κ2) is 10.4. The Labute approximate surface area is 236 Å². The Morgan fingerprint density at radius 2 is 1.95 bits per heavy atom. The molecule has 9 nitrogen and oxygen atoms in total. The summed E-state index contributed by atoms with van der Waals surface area (Å²) in [5.41, 5.74) is 0.800. The highest BCUT2D eigenvalue weighted by Crippen LogP contribution is 2.45. The fourth-order valence-corrected chi connectivity index (χ4v) is 5.64. The summed E-state index contributed by atoms with van der Waals surface area (Å²) in [6.07, 6.45) is 0. The van der Waals surface area contributed by atoms with Gasteiger partial charge in [0, 0.05) is 5.39 Å². The molecule has 1 aliphatic heterocycles. The number of aliphatic hydroxyl groups is 1. The Bertz CT molecular complexity index is 1690. The number of carbonyl (C=O) groups excluding carboxylic acids is 3. The molecular weight excluding hydrogens is 567 g/mol. The summed E-state index contributed by atoms with van der Waals surface area (Å²) in [6, 6.07) is 10.1. The number of hydrogen-bond acceptors (Lipinski definition) is 9. The summed E-state index contributed by atoms with van der Waals surface area (Å²) in [6.45, 7) is 3.43. The van der Waals surface area contributed by atoms with E-state index in [4.69, 9.17) is 37.1 Å². The van der Waals surface area contributed by atoms with Crippen LogP contribution in [0.25, 0.3) is 11.0 Å². The van der Waals surface area contributed by atoms with Crippen LogP contribution in [-0.2, 0) is 9.53 Å². The number of hydrogen-bond donors (Lipinski definition) is 1. The van der Waals surface area contributed by atoms with Crippen LogP contribution in [0.15, 0.2) is 58.2 Å². The molecule has 0 aliphatic carbocycles. The Kier molecular flexibility index (Phi) is 7.11. The number of fused-ring (bicyclic) bond motifs is 1. The number of methoxy groups -OCH3 is 1. The summed E-state index contributed by atoms with van der Waals surface area (Å²) in [5.74, 6) is -2.68. The number of benzene rings is 2. The van der Waals surface area contributed by atoms with Crippen molar-refractivity contribution in [2.75, 3.05) is 18.6 Å². The van der Waals surface area contributed by atoms with Gasteiger partial charge >= 0.3 is 5.97 Å². The van der Waals surface area contributed by atoms with E-state index in [9.17, 15) is 19.5 Å². The highest BCUT2D eigenvalue weighted by atomic mass is 35.5. The van der Waals surface area contributed by atoms with Gasteiger partial charge in [-0.1, -0.05) is 52.7 Å². The van der Waals surface area contributed by atoms with Gasteiger partial charge in [0.05, 0.1) is 41.1 Å². The zero-order valence-electron chi connectivity index (χ0n) is 20.8. The third-order valence-electron chi connectivity index (χ3n) is 6.12. The minimum Gasteiger partial charge on any atom is -0.503 e. The number of esters is 1. The van der Waals surface area contributed by atoms with Crippen molar-refractivity contribution in [3.63, 3.8) is 0 Å². The monoisotopic (exact) mass is 586 g/mol. The Morgan fingerprint density at radius 3 is 2.64 bits per heavy atom. The number of Topliss-reactive ketones (excluding diaryl/α,β-unsaturated/α-hetero) is 1. The molecule has 0 saturated heterocycles. The molecule has 1 N–H and O–H groups in total. The molecule has 1 unspecified atom stereocenters. The predicted octanol–water partition coefficient (Wildman–Crippen LogP) is 6.47. The molecule has 0 fully saturated rings. The molecule has 12 heteroatoms. The number of aromatic nitrogens is 1. The van der Waals surface area contributed by atoms with Crippen LogP contribution in [0.5, 0.6) is 5.75 Å². The van der Waals surface area contributed by atoms with Crippen molar-refractivity contribution in [1.82, 2.24) is 4.98 Å². The van der Waals surface area contributed by atoms with Crippen LogP contribution in [0.2, 0.25) is 10.0 Å². The normalized spacial score (nSPS) is 15.4. The number of amides is 1. The third kappa shape index (κ3) is 4.54. The fourth-order valence-electron chi connectivity index (χ4n) is 4.35. The maximum Gasteiger partial charge on any atom is 0.350 e. The van der Waals surface area contributed by atoms with Crippen molar-refractivity contribution in [2.24, 2.45) is 0 Å². The molecule has 1 amide bonds. The molecule has 5 rings (SSSR count). The maximum absolute atomic E-state index is 13.9. The minimum absolute atomic E-state index is 0.0808. The second-order valence-electron chi connectivity index (χ2n) is 8.46. The van der Waals surface area contributed by atoms with Crippen LogP contribution < -0.4 is 9.64 Å². The molecule has 200 valence electrons. The van der Waals surface area contributed by atoms with E-state index < -0.39 is 29.5 Å². The summed E-state index contributed by atoms with van der Waals surface area (Å²) in [7, 11) is 1.47. The van der Waals surface area contributed by atoms with Gasteiger partial charge in [-0.05, 0) is 43.7 Å². The van der Waals surface area contributed by atoms with E-state index >= 15 is 0 Å². The van der Waals surface area contributed by atoms with Gasteiger partial charge in [0.2, 0.25) is 5.78 Å². The summed E-state index contributed by atoms with van der Waals surface area (Å²) in [5, 5.41) is 12.2. The SMILES string of the molecule is CCOC(=O)c1sc(N2C(=O)C(O)=C(C(=O)c3cc4cccc(OC)c4o3)C2c2ccc(Cl)c(Cl)c2)nc1C. The Morgan fingerprint density at radius 1 is 1.18 bits per heavy atom. The molecule has 0 radical (unpaired) electrons. The van der Waals surface area contributed by atoms with Gasteiger partial charge in [0.15, 0.2) is 28.0 Å². The number of rotatable bonds is 7. The Hall–Kier alpha value is -3.86. The van der Waals surface area contributed by atoms with E-state index in [1.54, 1.807) is 38.1 Å². The van der Waals surface area contributed by atoms with Crippen LogP contribution in [0.4, 0.5) is 5.13 Å². The molecule has 2 aromatic heterocycles. The number of para-hydroxylation sites is 1. The first-order valence-electron chi connectivity index (χ1n) is 11.6. The molecular formula is C27H20Cl2N2O7S. The number of anilines is 1. The molecule has 3 heterocycles. The number of aliphatic hydroxyl groups excluding tert-OH is 1. The number of ketones is 1. The average Bonchev–Trinajstić information content (AvgIpc) is 3.59. The van der Waals surface area contributed by atoms with Gasteiger partial charge < -0.3 is 19.0 Å². The van der Waals surface area contributed by atoms with Gasteiger partial charge in [-0.3, -0.25) is 14.5 Å². The fraction of sp³-hybridized carbons (Fsp3) is 0.185. The van der Waals surface area contributed by atoms with Gasteiger partial charge in [-0.2, -0.15) is 0 Å². The standard InChI is InChI=1S/C27H20Cl2N2O7S/c1-4-37-26(35)24-12(2)30-27(39-24)31-20(13-8-9-15(28)16(29)10-13)19(22(33)25(31)34)21(32)18-11-14-6-5-7-17(36-3)23(14)38-18/h5-11,20,33H,4H2,1-3H3. The van der Waals surface area contributed by atoms with E-state index in [0.717, 1.165) is 16.2 Å². The van der Waals surface area contributed by atoms with Crippen molar-refractivity contribution in [3.8, 4) is 5.75 Å². The highest BCUT2D eigenvalue weighted by Gasteiger charge is 2.47. The van der Waals surface area contributed by atoms with Gasteiger partial charge in [0.25, 0.3) is 5.91 Å². The largest absolute Gasteiger partial charge is 0.503 e. The van der Waals surface area contributed by atoms with E-state index in [1.807, 2.05) is 0 Å². The first-order chi connectivity index (χ1) is 18.7. The Balaban J connectivity index is 1.66. The van der Waals surface area contributed by atoms with Crippen molar-refractivity contribution in [2.45, 2.75) is 19.9 Å². The predicted molar refractivity (Wildman–Crippen MR) is 146 cm³/mol. The lowest BCUT2D eigenvalue weighted by Gasteiger charge is -2.24. The molecule has 1 atom stereocenters. The first kappa shape index (κ1) is 26.7. The van der Waals surface area contributed by atoms with Gasteiger partial charge in [-0.15, -0.1) is 0 Å². The van der Waals surface area contributed by atoms with Gasteiger partial charge in [-0.25, -0.2) is 9.78 Å². The second-order valence-corrected chi connectivity index (χ2v) is 10.3. The number of thiazole rings is 1. The number of aryl methyl sites for hydroxylation is 1. The minimum atomic E-state index is -1.16. The summed E-state index contributed by atoms with van der Waals surface area (Å²) >= 11 is 13.3. The van der Waals surface area contributed by atoms with E-state index in [2.05, 4.69) is 4.98 Å². The van der Waals surface area contributed by atoms with Crippen molar-refractivity contribution in [1.29, 1.82) is 0 Å². The number of ether oxygens (including phenoxy) is 2. The third-order valence-corrected chi connectivity index (χ3v) is 7.99. The first-order valence-corrected chi connectivity index (χ1v) is 13.2. The maximum atomic E-state index is 13.9. The van der Waals surface area contributed by atoms with Crippen molar-refractivity contribution >= 4 is 68.3 Å². The van der Waals surface area contributed by atoms with Crippen LogP contribution >= 0.6 is 34.5 Å². The van der Waals surface area contributed by atoms with Crippen LogP contribution in [0.1, 0.15) is 44.4 Å². The average molecular weight is 587 g/mol. The van der Waals surface area contributed by atoms with Crippen LogP contribution in [0, 0.1) is 6.92 Å². The lowest BCUT2D eigenvalue weighted by molar-refractivity contribution is -0.117. The summed E-state index contributed by atoms with van der Waals surface area (Å²) in [4.78, 5) is 45.5. The number of halogens is 2. The quantitative estimate of drug-likeness (QED) is 0.193. The molecule has 2 aromatic carbocycles. The molecule has 0 spiro atoms. The van der Waals surface area contributed by atoms with Crippen LogP contribution in [0.3, 0.4) is 0 Å².